The summed E-state index contributed by atoms with van der Waals surface area (Å²) in [5.41, 5.74) is 6.93. The normalized spacial score (nSPS) is 18.1. The first kappa shape index (κ1) is 16.8. The smallest absolute Gasteiger partial charge is 0.326 e. The van der Waals surface area contributed by atoms with Crippen molar-refractivity contribution in [2.75, 3.05) is 5.73 Å². The van der Waals surface area contributed by atoms with Crippen molar-refractivity contribution in [1.82, 2.24) is 15.3 Å². The quantitative estimate of drug-likeness (QED) is 0.566. The summed E-state index contributed by atoms with van der Waals surface area (Å²) in [6.07, 6.45) is 0.683. The Hall–Kier alpha value is -3.61. The molecule has 2 aromatic carbocycles. The highest BCUT2D eigenvalue weighted by molar-refractivity contribution is 5.97. The molecule has 3 aromatic rings. The van der Waals surface area contributed by atoms with E-state index in [1.807, 2.05) is 41.4 Å². The summed E-state index contributed by atoms with van der Waals surface area (Å²) >= 11 is 0. The summed E-state index contributed by atoms with van der Waals surface area (Å²) in [4.78, 5) is 40.1. The minimum absolute atomic E-state index is 0.156. The number of anilines is 1. The lowest BCUT2D eigenvalue weighted by Crippen LogP contribution is -2.35. The van der Waals surface area contributed by atoms with Gasteiger partial charge in [0.2, 0.25) is 0 Å². The zero-order valence-electron chi connectivity index (χ0n) is 14.4. The molecule has 0 saturated heterocycles. The molecule has 1 heterocycles. The van der Waals surface area contributed by atoms with Crippen LogP contribution in [-0.2, 0) is 0 Å². The molecule has 136 valence electrons. The van der Waals surface area contributed by atoms with Gasteiger partial charge < -0.3 is 16.0 Å². The Labute approximate surface area is 154 Å². The SMILES string of the molecule is Nc1c(C(=O)N[C@H]2C[C@@H](c3ccccc3)c3ccccc32)[nH]c(=O)[nH]c1=O. The van der Waals surface area contributed by atoms with Crippen LogP contribution in [-0.4, -0.2) is 15.9 Å². The molecular formula is C20H18N4O3. The summed E-state index contributed by atoms with van der Waals surface area (Å²) in [5.74, 6) is -0.424. The fourth-order valence-corrected chi connectivity index (χ4v) is 3.68. The van der Waals surface area contributed by atoms with Crippen molar-refractivity contribution in [1.29, 1.82) is 0 Å². The Bertz CT molecular complexity index is 1120. The van der Waals surface area contributed by atoms with E-state index in [2.05, 4.69) is 28.5 Å². The van der Waals surface area contributed by atoms with E-state index in [4.69, 9.17) is 5.73 Å². The molecule has 0 radical (unpaired) electrons. The van der Waals surface area contributed by atoms with E-state index >= 15 is 0 Å². The van der Waals surface area contributed by atoms with Crippen LogP contribution in [0.1, 0.15) is 45.6 Å². The number of fused-ring (bicyclic) bond motifs is 1. The van der Waals surface area contributed by atoms with Gasteiger partial charge in [0.1, 0.15) is 11.4 Å². The topological polar surface area (TPSA) is 121 Å². The average Bonchev–Trinajstić information content (AvgIpc) is 3.04. The number of benzene rings is 2. The molecule has 0 aliphatic heterocycles. The Morgan fingerprint density at radius 1 is 0.963 bits per heavy atom. The highest BCUT2D eigenvalue weighted by Gasteiger charge is 2.33. The van der Waals surface area contributed by atoms with E-state index in [1.165, 1.54) is 5.56 Å². The predicted octanol–water partition coefficient (Wildman–Crippen LogP) is 1.65. The molecule has 4 rings (SSSR count). The van der Waals surface area contributed by atoms with Crippen LogP contribution in [0.4, 0.5) is 5.69 Å². The summed E-state index contributed by atoms with van der Waals surface area (Å²) < 4.78 is 0. The number of nitrogens with two attached hydrogens (primary N) is 1. The predicted molar refractivity (Wildman–Crippen MR) is 102 cm³/mol. The van der Waals surface area contributed by atoms with Crippen molar-refractivity contribution in [2.24, 2.45) is 0 Å². The number of H-pyrrole nitrogens is 2. The largest absolute Gasteiger partial charge is 0.392 e. The zero-order valence-corrected chi connectivity index (χ0v) is 14.4. The van der Waals surface area contributed by atoms with Crippen molar-refractivity contribution in [3.8, 4) is 0 Å². The molecule has 27 heavy (non-hydrogen) atoms. The number of aromatic amines is 2. The molecule has 1 amide bonds. The van der Waals surface area contributed by atoms with Crippen molar-refractivity contribution in [3.63, 3.8) is 0 Å². The van der Waals surface area contributed by atoms with E-state index < -0.39 is 17.2 Å². The van der Waals surface area contributed by atoms with Gasteiger partial charge in [0.25, 0.3) is 11.5 Å². The number of carbonyl (C=O) groups is 1. The van der Waals surface area contributed by atoms with Crippen LogP contribution >= 0.6 is 0 Å². The molecular weight excluding hydrogens is 344 g/mol. The monoisotopic (exact) mass is 362 g/mol. The van der Waals surface area contributed by atoms with Gasteiger partial charge in [-0.2, -0.15) is 0 Å². The lowest BCUT2D eigenvalue weighted by Gasteiger charge is -2.15. The molecule has 7 nitrogen and oxygen atoms in total. The minimum atomic E-state index is -0.780. The fraction of sp³-hybridized carbons (Fsp3) is 0.150. The van der Waals surface area contributed by atoms with Gasteiger partial charge in [-0.15, -0.1) is 0 Å². The third kappa shape index (κ3) is 3.03. The van der Waals surface area contributed by atoms with Crippen LogP contribution in [0.25, 0.3) is 0 Å². The molecule has 0 fully saturated rings. The number of nitrogens with one attached hydrogen (secondary N) is 3. The van der Waals surface area contributed by atoms with Gasteiger partial charge in [0.05, 0.1) is 6.04 Å². The molecule has 5 N–H and O–H groups in total. The Morgan fingerprint density at radius 3 is 2.37 bits per heavy atom. The Balaban J connectivity index is 1.67. The average molecular weight is 362 g/mol. The lowest BCUT2D eigenvalue weighted by atomic mass is 9.93. The summed E-state index contributed by atoms with van der Waals surface area (Å²) in [6.45, 7) is 0. The lowest BCUT2D eigenvalue weighted by molar-refractivity contribution is 0.0931. The zero-order chi connectivity index (χ0) is 19.0. The maximum Gasteiger partial charge on any atom is 0.326 e. The number of nitrogen functional groups attached to an aromatic ring is 1. The third-order valence-electron chi connectivity index (χ3n) is 4.93. The first-order valence-electron chi connectivity index (χ1n) is 8.61. The van der Waals surface area contributed by atoms with Crippen LogP contribution in [0.5, 0.6) is 0 Å². The van der Waals surface area contributed by atoms with Crippen LogP contribution < -0.4 is 22.3 Å². The Kier molecular flexibility index (Phi) is 4.12. The summed E-state index contributed by atoms with van der Waals surface area (Å²) in [5, 5.41) is 2.90. The van der Waals surface area contributed by atoms with E-state index in [1.54, 1.807) is 0 Å². The van der Waals surface area contributed by atoms with Crippen molar-refractivity contribution < 1.29 is 4.79 Å². The standard InChI is InChI=1S/C20H18N4O3/c21-16-17(23-20(27)24-18(16)25)19(26)22-15-10-14(11-6-2-1-3-7-11)12-8-4-5-9-13(12)15/h1-9,14-15H,10,21H2,(H,22,26)(H2,23,24,25,27)/t14-,15-/m0/s1. The van der Waals surface area contributed by atoms with Gasteiger partial charge in [0, 0.05) is 5.92 Å². The molecule has 0 spiro atoms. The molecule has 1 aliphatic rings. The van der Waals surface area contributed by atoms with Crippen LogP contribution in [0.2, 0.25) is 0 Å². The summed E-state index contributed by atoms with van der Waals surface area (Å²) in [7, 11) is 0. The van der Waals surface area contributed by atoms with Gasteiger partial charge in [-0.3, -0.25) is 14.6 Å². The van der Waals surface area contributed by atoms with Gasteiger partial charge >= 0.3 is 5.69 Å². The van der Waals surface area contributed by atoms with E-state index in [-0.39, 0.29) is 23.3 Å². The first-order valence-corrected chi connectivity index (χ1v) is 8.61. The first-order chi connectivity index (χ1) is 13.0. The second-order valence-electron chi connectivity index (χ2n) is 6.55. The second kappa shape index (κ2) is 6.60. The molecule has 1 aromatic heterocycles. The minimum Gasteiger partial charge on any atom is -0.392 e. The highest BCUT2D eigenvalue weighted by atomic mass is 16.2. The number of carbonyl (C=O) groups excluding carboxylic acids is 1. The molecule has 0 saturated carbocycles. The van der Waals surface area contributed by atoms with E-state index in [0.717, 1.165) is 11.1 Å². The van der Waals surface area contributed by atoms with Crippen LogP contribution in [0, 0.1) is 0 Å². The number of hydrogen-bond acceptors (Lipinski definition) is 4. The van der Waals surface area contributed by atoms with Gasteiger partial charge in [-0.1, -0.05) is 54.6 Å². The molecule has 2 atom stereocenters. The van der Waals surface area contributed by atoms with Gasteiger partial charge in [-0.05, 0) is 23.1 Å². The molecule has 7 heteroatoms. The van der Waals surface area contributed by atoms with Crippen molar-refractivity contribution in [2.45, 2.75) is 18.4 Å². The highest BCUT2D eigenvalue weighted by Crippen LogP contribution is 2.43. The molecule has 1 aliphatic carbocycles. The number of amides is 1. The molecule has 0 bridgehead atoms. The number of rotatable bonds is 3. The fourth-order valence-electron chi connectivity index (χ4n) is 3.68. The number of aromatic nitrogens is 2. The maximum absolute atomic E-state index is 12.7. The van der Waals surface area contributed by atoms with Gasteiger partial charge in [-0.25, -0.2) is 4.79 Å². The third-order valence-corrected chi connectivity index (χ3v) is 4.93. The maximum atomic E-state index is 12.7. The van der Waals surface area contributed by atoms with Crippen molar-refractivity contribution in [3.05, 3.63) is 97.8 Å². The van der Waals surface area contributed by atoms with Crippen LogP contribution in [0.3, 0.4) is 0 Å². The van der Waals surface area contributed by atoms with Gasteiger partial charge in [0.15, 0.2) is 0 Å². The Morgan fingerprint density at radius 2 is 1.63 bits per heavy atom. The summed E-state index contributed by atoms with van der Waals surface area (Å²) in [6, 6.07) is 17.8. The second-order valence-corrected chi connectivity index (χ2v) is 6.55. The van der Waals surface area contributed by atoms with E-state index in [0.29, 0.717) is 6.42 Å². The number of hydrogen-bond donors (Lipinski definition) is 4. The van der Waals surface area contributed by atoms with Crippen LogP contribution in [0.15, 0.2) is 64.2 Å². The van der Waals surface area contributed by atoms with Crippen molar-refractivity contribution >= 4 is 11.6 Å². The molecule has 0 unspecified atom stereocenters. The van der Waals surface area contributed by atoms with E-state index in [9.17, 15) is 14.4 Å².